The zero-order valence-corrected chi connectivity index (χ0v) is 16.0. The van der Waals surface area contributed by atoms with Crippen molar-refractivity contribution >= 4 is 23.7 Å². The molecule has 0 heterocycles. The molecule has 0 aliphatic heterocycles. The van der Waals surface area contributed by atoms with Crippen LogP contribution in [0.15, 0.2) is 77.9 Å². The number of amides is 1. The minimum Gasteiger partial charge on any atom is -0.496 e. The molecule has 0 aliphatic rings. The first-order valence-electron chi connectivity index (χ1n) is 8.59. The Balaban J connectivity index is 1.56. The van der Waals surface area contributed by atoms with Crippen molar-refractivity contribution in [1.29, 1.82) is 0 Å². The summed E-state index contributed by atoms with van der Waals surface area (Å²) in [6, 6.07) is 22.2. The normalized spacial score (nSPS) is 10.6. The molecular weight excluding hydrogens is 376 g/mol. The van der Waals surface area contributed by atoms with Crippen molar-refractivity contribution in [3.63, 3.8) is 0 Å². The number of rotatable bonds is 7. The van der Waals surface area contributed by atoms with Gasteiger partial charge in [-0.2, -0.15) is 5.10 Å². The van der Waals surface area contributed by atoms with Crippen molar-refractivity contribution in [3.05, 3.63) is 94.5 Å². The van der Waals surface area contributed by atoms with Gasteiger partial charge in [-0.3, -0.25) is 4.79 Å². The lowest BCUT2D eigenvalue weighted by Gasteiger charge is -2.07. The maximum absolute atomic E-state index is 12.3. The van der Waals surface area contributed by atoms with Gasteiger partial charge >= 0.3 is 0 Å². The van der Waals surface area contributed by atoms with Crippen LogP contribution >= 0.6 is 11.6 Å². The summed E-state index contributed by atoms with van der Waals surface area (Å²) in [6.07, 6.45) is 1.55. The molecule has 0 atom stereocenters. The van der Waals surface area contributed by atoms with Gasteiger partial charge in [0.2, 0.25) is 0 Å². The van der Waals surface area contributed by atoms with Gasteiger partial charge in [-0.25, -0.2) is 5.43 Å². The van der Waals surface area contributed by atoms with Gasteiger partial charge in [0.25, 0.3) is 5.91 Å². The summed E-state index contributed by atoms with van der Waals surface area (Å²) in [5, 5.41) is 4.43. The van der Waals surface area contributed by atoms with Gasteiger partial charge in [0.1, 0.15) is 18.1 Å². The van der Waals surface area contributed by atoms with Gasteiger partial charge in [0, 0.05) is 5.02 Å². The third-order valence-electron chi connectivity index (χ3n) is 3.91. The van der Waals surface area contributed by atoms with E-state index < -0.39 is 5.91 Å². The monoisotopic (exact) mass is 394 g/mol. The lowest BCUT2D eigenvalue weighted by atomic mass is 10.2. The second kappa shape index (κ2) is 9.58. The van der Waals surface area contributed by atoms with E-state index in [1.807, 2.05) is 54.6 Å². The van der Waals surface area contributed by atoms with Crippen LogP contribution in [0.3, 0.4) is 0 Å². The molecule has 1 N–H and O–H groups in total. The molecule has 28 heavy (non-hydrogen) atoms. The Morgan fingerprint density at radius 3 is 2.54 bits per heavy atom. The Morgan fingerprint density at radius 2 is 1.82 bits per heavy atom. The fourth-order valence-corrected chi connectivity index (χ4v) is 2.65. The zero-order valence-electron chi connectivity index (χ0n) is 15.3. The number of nitrogens with one attached hydrogen (secondary N) is 1. The van der Waals surface area contributed by atoms with Crippen LogP contribution in [-0.2, 0) is 6.61 Å². The number of halogens is 1. The maximum Gasteiger partial charge on any atom is 0.275 e. The van der Waals surface area contributed by atoms with Gasteiger partial charge in [0.15, 0.2) is 0 Å². The topological polar surface area (TPSA) is 59.9 Å². The number of carbonyl (C=O) groups is 1. The smallest absolute Gasteiger partial charge is 0.275 e. The van der Waals surface area contributed by atoms with Crippen LogP contribution in [0.1, 0.15) is 21.5 Å². The van der Waals surface area contributed by atoms with Crippen LogP contribution < -0.4 is 14.9 Å². The average molecular weight is 395 g/mol. The van der Waals surface area contributed by atoms with E-state index in [0.29, 0.717) is 22.9 Å². The number of hydrogen-bond acceptors (Lipinski definition) is 4. The molecule has 0 saturated carbocycles. The number of hydrogen-bond donors (Lipinski definition) is 1. The van der Waals surface area contributed by atoms with Crippen LogP contribution in [0, 0.1) is 0 Å². The molecule has 6 heteroatoms. The summed E-state index contributed by atoms with van der Waals surface area (Å²) in [5.74, 6) is 0.782. The summed E-state index contributed by atoms with van der Waals surface area (Å²) < 4.78 is 10.9. The van der Waals surface area contributed by atoms with Gasteiger partial charge in [-0.15, -0.1) is 0 Å². The molecule has 5 nitrogen and oxygen atoms in total. The molecule has 142 valence electrons. The molecule has 3 aromatic carbocycles. The molecule has 0 bridgehead atoms. The second-order valence-electron chi connectivity index (χ2n) is 5.89. The number of benzene rings is 3. The molecule has 1 amide bonds. The highest BCUT2D eigenvalue weighted by atomic mass is 35.5. The molecule has 0 unspecified atom stereocenters. The van der Waals surface area contributed by atoms with Crippen LogP contribution in [0.4, 0.5) is 0 Å². The highest BCUT2D eigenvalue weighted by Gasteiger charge is 2.12. The summed E-state index contributed by atoms with van der Waals surface area (Å²) in [7, 11) is 1.49. The predicted octanol–water partition coefficient (Wildman–Crippen LogP) is 4.69. The Hall–Kier alpha value is -3.31. The Labute approximate surface area is 168 Å². The van der Waals surface area contributed by atoms with E-state index >= 15 is 0 Å². The lowest BCUT2D eigenvalue weighted by molar-refractivity contribution is 0.0952. The quantitative estimate of drug-likeness (QED) is 0.467. The van der Waals surface area contributed by atoms with Gasteiger partial charge in [0.05, 0.1) is 18.9 Å². The minimum atomic E-state index is -0.404. The lowest BCUT2D eigenvalue weighted by Crippen LogP contribution is -2.18. The van der Waals surface area contributed by atoms with Crippen LogP contribution in [0.25, 0.3) is 0 Å². The molecular formula is C22H19ClN2O3. The van der Waals surface area contributed by atoms with Crippen LogP contribution in [0.5, 0.6) is 11.5 Å². The van der Waals surface area contributed by atoms with Gasteiger partial charge in [-0.05, 0) is 53.6 Å². The largest absolute Gasteiger partial charge is 0.496 e. The van der Waals surface area contributed by atoms with E-state index in [0.717, 1.165) is 16.9 Å². The Bertz CT molecular complexity index is 957. The molecule has 0 saturated heterocycles. The maximum atomic E-state index is 12.3. The average Bonchev–Trinajstić information content (AvgIpc) is 2.74. The van der Waals surface area contributed by atoms with Crippen molar-refractivity contribution in [2.24, 2.45) is 5.10 Å². The summed E-state index contributed by atoms with van der Waals surface area (Å²) >= 11 is 5.94. The predicted molar refractivity (Wildman–Crippen MR) is 110 cm³/mol. The van der Waals surface area contributed by atoms with Crippen LogP contribution in [-0.4, -0.2) is 19.2 Å². The minimum absolute atomic E-state index is 0.316. The highest BCUT2D eigenvalue weighted by Crippen LogP contribution is 2.22. The van der Waals surface area contributed by atoms with Crippen molar-refractivity contribution in [2.45, 2.75) is 6.61 Å². The number of hydrazone groups is 1. The van der Waals surface area contributed by atoms with E-state index in [-0.39, 0.29) is 0 Å². The first-order valence-corrected chi connectivity index (χ1v) is 8.97. The Morgan fingerprint density at radius 1 is 1.07 bits per heavy atom. The molecule has 3 aromatic rings. The summed E-state index contributed by atoms with van der Waals surface area (Å²) in [5.41, 5.74) is 4.72. The SMILES string of the molecule is COc1ccc(Cl)cc1C(=O)N/N=C/c1ccc(OCc2ccccc2)cc1. The number of methoxy groups -OCH3 is 1. The number of nitrogens with zero attached hydrogens (tertiary/aromatic N) is 1. The van der Waals surface area contributed by atoms with E-state index in [9.17, 15) is 4.79 Å². The fourth-order valence-electron chi connectivity index (χ4n) is 2.47. The summed E-state index contributed by atoms with van der Waals surface area (Å²) in [6.45, 7) is 0.506. The first-order chi connectivity index (χ1) is 13.7. The van der Waals surface area contributed by atoms with Crippen molar-refractivity contribution < 1.29 is 14.3 Å². The number of carbonyl (C=O) groups excluding carboxylic acids is 1. The van der Waals surface area contributed by atoms with Crippen molar-refractivity contribution in [3.8, 4) is 11.5 Å². The molecule has 0 aromatic heterocycles. The van der Waals surface area contributed by atoms with E-state index in [1.54, 1.807) is 18.3 Å². The molecule has 0 spiro atoms. The van der Waals surface area contributed by atoms with E-state index in [1.165, 1.54) is 13.2 Å². The first kappa shape index (κ1) is 19.5. The van der Waals surface area contributed by atoms with Gasteiger partial charge in [-0.1, -0.05) is 41.9 Å². The van der Waals surface area contributed by atoms with Crippen molar-refractivity contribution in [1.82, 2.24) is 5.43 Å². The Kier molecular flexibility index (Phi) is 6.65. The van der Waals surface area contributed by atoms with Crippen LogP contribution in [0.2, 0.25) is 5.02 Å². The van der Waals surface area contributed by atoms with E-state index in [2.05, 4.69) is 10.5 Å². The third kappa shape index (κ3) is 5.34. The zero-order chi connectivity index (χ0) is 19.8. The number of ether oxygens (including phenoxy) is 2. The summed E-state index contributed by atoms with van der Waals surface area (Å²) in [4.78, 5) is 12.3. The van der Waals surface area contributed by atoms with E-state index in [4.69, 9.17) is 21.1 Å². The van der Waals surface area contributed by atoms with Crippen molar-refractivity contribution in [2.75, 3.05) is 7.11 Å². The standard InChI is InChI=1S/C22H19ClN2O3/c1-27-21-12-9-18(23)13-20(21)22(26)25-24-14-16-7-10-19(11-8-16)28-15-17-5-3-2-4-6-17/h2-14H,15H2,1H3,(H,25,26)/b24-14+. The second-order valence-corrected chi connectivity index (χ2v) is 6.32. The molecule has 0 aliphatic carbocycles. The van der Waals surface area contributed by atoms with Gasteiger partial charge < -0.3 is 9.47 Å². The third-order valence-corrected chi connectivity index (χ3v) is 4.15. The molecule has 3 rings (SSSR count). The fraction of sp³-hybridized carbons (Fsp3) is 0.0909. The molecule has 0 radical (unpaired) electrons. The molecule has 0 fully saturated rings. The highest BCUT2D eigenvalue weighted by molar-refractivity contribution is 6.31.